The topological polar surface area (TPSA) is 66.4 Å². The molecule has 2 N–H and O–H groups in total. The maximum Gasteiger partial charge on any atom is 0.308 e. The molecule has 104 valence electrons. The van der Waals surface area contributed by atoms with Gasteiger partial charge >= 0.3 is 5.97 Å². The first-order valence-electron chi connectivity index (χ1n) is 6.10. The third-order valence-electron chi connectivity index (χ3n) is 2.97. The van der Waals surface area contributed by atoms with Gasteiger partial charge in [0.15, 0.2) is 0 Å². The molecular weight excluding hydrogens is 310 g/mol. The molecule has 0 radical (unpaired) electrons. The number of halogens is 1. The molecular formula is C14H18BrNO3. The van der Waals surface area contributed by atoms with Crippen LogP contribution in [0.3, 0.4) is 0 Å². The zero-order valence-corrected chi connectivity index (χ0v) is 12.8. The van der Waals surface area contributed by atoms with Gasteiger partial charge in [0, 0.05) is 11.0 Å². The summed E-state index contributed by atoms with van der Waals surface area (Å²) in [5.74, 6) is -1.76. The van der Waals surface area contributed by atoms with Gasteiger partial charge in [-0.3, -0.25) is 9.59 Å². The molecule has 1 unspecified atom stereocenters. The summed E-state index contributed by atoms with van der Waals surface area (Å²) in [5.41, 5.74) is 1.56. The first kappa shape index (κ1) is 15.7. The van der Waals surface area contributed by atoms with Gasteiger partial charge in [0.1, 0.15) is 0 Å². The first-order valence-corrected chi connectivity index (χ1v) is 6.89. The molecule has 19 heavy (non-hydrogen) atoms. The van der Waals surface area contributed by atoms with Crippen LogP contribution in [0.4, 0.5) is 0 Å². The highest BCUT2D eigenvalue weighted by Crippen LogP contribution is 2.18. The Morgan fingerprint density at radius 1 is 1.37 bits per heavy atom. The summed E-state index contributed by atoms with van der Waals surface area (Å²) in [6, 6.07) is 5.42. The minimum atomic E-state index is -0.890. The van der Waals surface area contributed by atoms with Gasteiger partial charge in [-0.05, 0) is 46.5 Å². The van der Waals surface area contributed by atoms with E-state index in [-0.39, 0.29) is 18.4 Å². The number of hydrogen-bond acceptors (Lipinski definition) is 2. The normalized spacial score (nSPS) is 12.3. The third kappa shape index (κ3) is 4.35. The molecule has 5 heteroatoms. The van der Waals surface area contributed by atoms with Crippen LogP contribution in [0.15, 0.2) is 22.7 Å². The Labute approximate surface area is 121 Å². The maximum absolute atomic E-state index is 12.0. The second kappa shape index (κ2) is 6.70. The molecule has 0 heterocycles. The molecule has 0 spiro atoms. The average molecular weight is 328 g/mol. The fraction of sp³-hybridized carbons (Fsp3) is 0.429. The number of rotatable bonds is 5. The zero-order valence-electron chi connectivity index (χ0n) is 11.2. The summed E-state index contributed by atoms with van der Waals surface area (Å²) in [4.78, 5) is 23.0. The second-order valence-corrected chi connectivity index (χ2v) is 5.74. The molecule has 0 fully saturated rings. The number of carbonyl (C=O) groups excluding carboxylic acids is 1. The van der Waals surface area contributed by atoms with Gasteiger partial charge in [0.2, 0.25) is 0 Å². The number of hydrogen-bond donors (Lipinski definition) is 2. The van der Waals surface area contributed by atoms with E-state index >= 15 is 0 Å². The number of amides is 1. The van der Waals surface area contributed by atoms with Crippen molar-refractivity contribution in [3.8, 4) is 0 Å². The Hall–Kier alpha value is -1.36. The van der Waals surface area contributed by atoms with Crippen molar-refractivity contribution in [1.29, 1.82) is 0 Å². The molecule has 0 saturated heterocycles. The van der Waals surface area contributed by atoms with Crippen LogP contribution in [-0.2, 0) is 4.79 Å². The monoisotopic (exact) mass is 327 g/mol. The number of nitrogens with one attached hydrogen (secondary N) is 1. The number of aryl methyl sites for hydroxylation is 1. The summed E-state index contributed by atoms with van der Waals surface area (Å²) in [7, 11) is 0. The highest BCUT2D eigenvalue weighted by Gasteiger charge is 2.22. The van der Waals surface area contributed by atoms with E-state index in [0.717, 1.165) is 5.56 Å². The molecule has 1 amide bonds. The Morgan fingerprint density at radius 3 is 2.47 bits per heavy atom. The zero-order chi connectivity index (χ0) is 14.6. The lowest BCUT2D eigenvalue weighted by atomic mass is 9.96. The van der Waals surface area contributed by atoms with Crippen molar-refractivity contribution in [2.45, 2.75) is 20.8 Å². The van der Waals surface area contributed by atoms with Crippen LogP contribution in [0.25, 0.3) is 0 Å². The van der Waals surface area contributed by atoms with E-state index in [4.69, 9.17) is 5.11 Å². The highest BCUT2D eigenvalue weighted by atomic mass is 79.9. The average Bonchev–Trinajstić information content (AvgIpc) is 2.27. The van der Waals surface area contributed by atoms with Crippen LogP contribution < -0.4 is 5.32 Å². The summed E-state index contributed by atoms with van der Waals surface area (Å²) in [6.45, 7) is 5.72. The fourth-order valence-corrected chi connectivity index (χ4v) is 2.38. The van der Waals surface area contributed by atoms with Crippen molar-refractivity contribution in [2.24, 2.45) is 11.8 Å². The number of carboxylic acids is 1. The quantitative estimate of drug-likeness (QED) is 0.873. The molecule has 0 aromatic heterocycles. The van der Waals surface area contributed by atoms with Gasteiger partial charge in [-0.1, -0.05) is 19.9 Å². The second-order valence-electron chi connectivity index (χ2n) is 4.88. The number of benzene rings is 1. The van der Waals surface area contributed by atoms with E-state index in [0.29, 0.717) is 10.0 Å². The Kier molecular flexibility index (Phi) is 5.54. The fourth-order valence-electron chi connectivity index (χ4n) is 1.71. The van der Waals surface area contributed by atoms with Crippen molar-refractivity contribution in [3.05, 3.63) is 33.8 Å². The van der Waals surface area contributed by atoms with E-state index in [2.05, 4.69) is 21.2 Å². The van der Waals surface area contributed by atoms with Gasteiger partial charge in [0.25, 0.3) is 5.91 Å². The molecule has 1 atom stereocenters. The number of carboxylic acid groups (broad SMARTS) is 1. The molecule has 4 nitrogen and oxygen atoms in total. The molecule has 1 aromatic rings. The van der Waals surface area contributed by atoms with Gasteiger partial charge in [-0.15, -0.1) is 0 Å². The van der Waals surface area contributed by atoms with E-state index in [1.54, 1.807) is 6.07 Å². The minimum absolute atomic E-state index is 0.0285. The summed E-state index contributed by atoms with van der Waals surface area (Å²) >= 11 is 3.34. The van der Waals surface area contributed by atoms with Crippen LogP contribution in [0, 0.1) is 18.8 Å². The molecule has 1 aromatic carbocycles. The number of aliphatic carboxylic acids is 1. The van der Waals surface area contributed by atoms with Gasteiger partial charge < -0.3 is 10.4 Å². The minimum Gasteiger partial charge on any atom is -0.481 e. The van der Waals surface area contributed by atoms with E-state index in [9.17, 15) is 9.59 Å². The van der Waals surface area contributed by atoms with Gasteiger partial charge in [0.05, 0.1) is 11.5 Å². The van der Waals surface area contributed by atoms with Crippen molar-refractivity contribution in [2.75, 3.05) is 6.54 Å². The number of carbonyl (C=O) groups is 2. The molecule has 0 bridgehead atoms. The summed E-state index contributed by atoms with van der Waals surface area (Å²) in [6.07, 6.45) is 0. The van der Waals surface area contributed by atoms with Gasteiger partial charge in [-0.25, -0.2) is 0 Å². The predicted octanol–water partition coefficient (Wildman–Crippen LogP) is 2.84. The van der Waals surface area contributed by atoms with Crippen LogP contribution >= 0.6 is 15.9 Å². The van der Waals surface area contributed by atoms with Crippen LogP contribution in [0.5, 0.6) is 0 Å². The molecule has 0 aliphatic carbocycles. The largest absolute Gasteiger partial charge is 0.481 e. The maximum atomic E-state index is 12.0. The molecule has 1 rings (SSSR count). The smallest absolute Gasteiger partial charge is 0.308 e. The van der Waals surface area contributed by atoms with Crippen molar-refractivity contribution < 1.29 is 14.7 Å². The summed E-state index contributed by atoms with van der Waals surface area (Å²) < 4.78 is 0.710. The first-order chi connectivity index (χ1) is 8.82. The van der Waals surface area contributed by atoms with E-state index in [1.165, 1.54) is 0 Å². The standard InChI is InChI=1S/C14H18BrNO3/c1-8(2)11(14(18)19)7-16-13(17)10-5-4-9(3)6-12(10)15/h4-6,8,11H,7H2,1-3H3,(H,16,17)(H,18,19). The van der Waals surface area contributed by atoms with Crippen molar-refractivity contribution in [3.63, 3.8) is 0 Å². The Bertz CT molecular complexity index is 486. The van der Waals surface area contributed by atoms with Gasteiger partial charge in [-0.2, -0.15) is 0 Å². The lowest BCUT2D eigenvalue weighted by molar-refractivity contribution is -0.142. The Balaban J connectivity index is 2.72. The lowest BCUT2D eigenvalue weighted by Gasteiger charge is -2.17. The van der Waals surface area contributed by atoms with Crippen LogP contribution in [0.1, 0.15) is 29.8 Å². The van der Waals surface area contributed by atoms with E-state index in [1.807, 2.05) is 32.9 Å². The molecule has 0 aliphatic rings. The summed E-state index contributed by atoms with van der Waals surface area (Å²) in [5, 5.41) is 11.7. The lowest BCUT2D eigenvalue weighted by Crippen LogP contribution is -2.35. The third-order valence-corrected chi connectivity index (χ3v) is 3.63. The molecule has 0 aliphatic heterocycles. The van der Waals surface area contributed by atoms with Crippen molar-refractivity contribution in [1.82, 2.24) is 5.32 Å². The predicted molar refractivity (Wildman–Crippen MR) is 77.2 cm³/mol. The van der Waals surface area contributed by atoms with Crippen molar-refractivity contribution >= 4 is 27.8 Å². The SMILES string of the molecule is Cc1ccc(C(=O)NCC(C(=O)O)C(C)C)c(Br)c1. The molecule has 0 saturated carbocycles. The van der Waals surface area contributed by atoms with Crippen LogP contribution in [-0.4, -0.2) is 23.5 Å². The van der Waals surface area contributed by atoms with E-state index < -0.39 is 11.9 Å². The Morgan fingerprint density at radius 2 is 2.00 bits per heavy atom. The highest BCUT2D eigenvalue weighted by molar-refractivity contribution is 9.10. The van der Waals surface area contributed by atoms with Crippen LogP contribution in [0.2, 0.25) is 0 Å².